The van der Waals surface area contributed by atoms with Gasteiger partial charge in [0.2, 0.25) is 0 Å². The molecule has 0 radical (unpaired) electrons. The van der Waals surface area contributed by atoms with Crippen molar-refractivity contribution < 1.29 is 32.8 Å². The number of benzene rings is 2. The van der Waals surface area contributed by atoms with Crippen molar-refractivity contribution in [2.75, 3.05) is 19.8 Å². The zero-order valence-corrected chi connectivity index (χ0v) is 20.3. The van der Waals surface area contributed by atoms with Crippen LogP contribution in [0, 0.1) is 29.8 Å². The number of nitrogens with zero attached hydrogens (tertiary/aromatic N) is 4. The molecule has 0 aliphatic carbocycles. The van der Waals surface area contributed by atoms with Gasteiger partial charge in [-0.25, -0.2) is 28.2 Å². The molecule has 0 aliphatic rings. The van der Waals surface area contributed by atoms with Gasteiger partial charge in [-0.05, 0) is 43.2 Å². The van der Waals surface area contributed by atoms with Gasteiger partial charge in [0.05, 0.1) is 11.5 Å². The van der Waals surface area contributed by atoms with Crippen LogP contribution in [0.4, 0.5) is 4.39 Å². The molecule has 192 valence electrons. The summed E-state index contributed by atoms with van der Waals surface area (Å²) in [5.74, 6) is -0.938. The van der Waals surface area contributed by atoms with Crippen molar-refractivity contribution in [3.63, 3.8) is 0 Å². The van der Waals surface area contributed by atoms with E-state index in [0.717, 1.165) is 22.8 Å². The molecule has 3 rings (SSSR count). The Balaban J connectivity index is 1.79. The third kappa shape index (κ3) is 7.37. The molecule has 1 atom stereocenters. The predicted octanol–water partition coefficient (Wildman–Crippen LogP) is 1.86. The molecule has 1 aromatic heterocycles. The fourth-order valence-corrected chi connectivity index (χ4v) is 3.64. The number of carbonyl (C=O) groups excluding carboxylic acids is 1. The van der Waals surface area contributed by atoms with Gasteiger partial charge in [0.1, 0.15) is 41.5 Å². The first kappa shape index (κ1) is 26.8. The molecule has 0 spiro atoms. The lowest BCUT2D eigenvalue weighted by Gasteiger charge is -2.10. The maximum Gasteiger partial charge on any atom is 0.332 e. The second-order valence-electron chi connectivity index (χ2n) is 7.64. The van der Waals surface area contributed by atoms with Gasteiger partial charge in [0, 0.05) is 6.42 Å². The van der Waals surface area contributed by atoms with E-state index in [-0.39, 0.29) is 36.2 Å². The lowest BCUT2D eigenvalue weighted by molar-refractivity contribution is -0.758. The summed E-state index contributed by atoms with van der Waals surface area (Å²) < 4.78 is 37.8. The fourth-order valence-electron chi connectivity index (χ4n) is 3.22. The highest BCUT2D eigenvalue weighted by Gasteiger charge is 2.18. The number of hydrogen-bond donors (Lipinski definition) is 1. The van der Waals surface area contributed by atoms with E-state index in [1.807, 2.05) is 32.0 Å². The first-order chi connectivity index (χ1) is 17.1. The third-order valence-electron chi connectivity index (χ3n) is 4.96. The Bertz CT molecular complexity index is 1280. The topological polar surface area (TPSA) is 162 Å². The Kier molecular flexibility index (Phi) is 9.16. The van der Waals surface area contributed by atoms with Gasteiger partial charge in [-0.3, -0.25) is 0 Å². The molecular formula is C22H24FN5O7S. The average molecular weight is 522 g/mol. The number of carbonyl (C=O) groups is 1. The van der Waals surface area contributed by atoms with Crippen LogP contribution in [-0.2, 0) is 43.1 Å². The van der Waals surface area contributed by atoms with E-state index >= 15 is 0 Å². The Morgan fingerprint density at radius 1 is 1.22 bits per heavy atom. The molecule has 0 aliphatic heterocycles. The van der Waals surface area contributed by atoms with Gasteiger partial charge >= 0.3 is 5.97 Å². The quantitative estimate of drug-likeness (QED) is 0.162. The number of esters is 1. The van der Waals surface area contributed by atoms with E-state index in [9.17, 15) is 23.5 Å². The Morgan fingerprint density at radius 3 is 2.69 bits per heavy atom. The lowest BCUT2D eigenvalue weighted by atomic mass is 10.0. The SMILES string of the molecule is Cc1ccc(C)c(Cc2nc(COC(=O)COCCO[N+](=O)[O-])nn2-c2ccc(S(N)=O)cc2F)c1. The number of rotatable bonds is 12. The van der Waals surface area contributed by atoms with E-state index < -0.39 is 34.5 Å². The van der Waals surface area contributed by atoms with E-state index in [0.29, 0.717) is 12.2 Å². The Labute approximate surface area is 207 Å². The summed E-state index contributed by atoms with van der Waals surface area (Å²) in [5, 5.41) is 18.8. The minimum Gasteiger partial charge on any atom is -0.456 e. The van der Waals surface area contributed by atoms with Crippen LogP contribution in [-0.4, -0.2) is 49.8 Å². The zero-order valence-electron chi connectivity index (χ0n) is 19.5. The molecule has 0 amide bonds. The van der Waals surface area contributed by atoms with Crippen molar-refractivity contribution in [1.82, 2.24) is 14.8 Å². The highest BCUT2D eigenvalue weighted by Crippen LogP contribution is 2.21. The van der Waals surface area contributed by atoms with E-state index in [1.54, 1.807) is 0 Å². The number of aromatic nitrogens is 3. The molecule has 1 heterocycles. The molecule has 2 aromatic carbocycles. The van der Waals surface area contributed by atoms with E-state index in [1.165, 1.54) is 16.8 Å². The van der Waals surface area contributed by atoms with Crippen molar-refractivity contribution in [3.05, 3.63) is 80.7 Å². The van der Waals surface area contributed by atoms with Crippen LogP contribution in [0.3, 0.4) is 0 Å². The second-order valence-corrected chi connectivity index (χ2v) is 8.71. The van der Waals surface area contributed by atoms with Crippen LogP contribution >= 0.6 is 0 Å². The van der Waals surface area contributed by atoms with Crippen molar-refractivity contribution >= 4 is 17.0 Å². The highest BCUT2D eigenvalue weighted by atomic mass is 32.2. The number of nitrogens with two attached hydrogens (primary N) is 1. The van der Waals surface area contributed by atoms with Crippen LogP contribution in [0.1, 0.15) is 28.3 Å². The van der Waals surface area contributed by atoms with Gasteiger partial charge < -0.3 is 14.3 Å². The number of ether oxygens (including phenoxy) is 2. The standard InChI is InChI=1S/C22H24FN5O7S/c1-14-3-4-15(2)16(9-14)10-21-25-20(12-34-22(29)13-33-7-8-35-28(30)31)26-27(21)19-6-5-17(36(24)32)11-18(19)23/h3-6,9,11H,7-8,10,12-13,24H2,1-2H3. The molecule has 0 bridgehead atoms. The largest absolute Gasteiger partial charge is 0.456 e. The van der Waals surface area contributed by atoms with Gasteiger partial charge in [-0.1, -0.05) is 23.8 Å². The summed E-state index contributed by atoms with van der Waals surface area (Å²) >= 11 is 0. The van der Waals surface area contributed by atoms with E-state index in [4.69, 9.17) is 14.6 Å². The molecule has 3 aromatic rings. The summed E-state index contributed by atoms with van der Waals surface area (Å²) in [7, 11) is -1.85. The third-order valence-corrected chi connectivity index (χ3v) is 5.68. The summed E-state index contributed by atoms with van der Waals surface area (Å²) in [6, 6.07) is 9.83. The van der Waals surface area contributed by atoms with Crippen LogP contribution in [0.5, 0.6) is 0 Å². The van der Waals surface area contributed by atoms with Gasteiger partial charge in [0.25, 0.3) is 5.09 Å². The van der Waals surface area contributed by atoms with Crippen LogP contribution < -0.4 is 5.14 Å². The van der Waals surface area contributed by atoms with Crippen LogP contribution in [0.2, 0.25) is 0 Å². The Morgan fingerprint density at radius 2 is 2.00 bits per heavy atom. The molecule has 0 saturated heterocycles. The summed E-state index contributed by atoms with van der Waals surface area (Å²) in [5.41, 5.74) is 3.07. The molecular weight excluding hydrogens is 497 g/mol. The van der Waals surface area contributed by atoms with E-state index in [2.05, 4.69) is 14.9 Å². The molecule has 36 heavy (non-hydrogen) atoms. The fraction of sp³-hybridized carbons (Fsp3) is 0.318. The minimum atomic E-state index is -1.85. The molecule has 0 saturated carbocycles. The summed E-state index contributed by atoms with van der Waals surface area (Å²) in [6.45, 7) is 2.63. The maximum absolute atomic E-state index is 14.9. The zero-order chi connectivity index (χ0) is 26.2. The van der Waals surface area contributed by atoms with Gasteiger partial charge in [-0.15, -0.1) is 15.2 Å². The van der Waals surface area contributed by atoms with Crippen molar-refractivity contribution in [2.45, 2.75) is 31.8 Å². The molecule has 12 nitrogen and oxygen atoms in total. The predicted molar refractivity (Wildman–Crippen MR) is 124 cm³/mol. The lowest BCUT2D eigenvalue weighted by Crippen LogP contribution is -2.16. The van der Waals surface area contributed by atoms with Crippen LogP contribution in [0.25, 0.3) is 5.69 Å². The highest BCUT2D eigenvalue weighted by molar-refractivity contribution is 7.82. The minimum absolute atomic E-state index is 0.0590. The van der Waals surface area contributed by atoms with Crippen molar-refractivity contribution in [1.29, 1.82) is 0 Å². The monoisotopic (exact) mass is 521 g/mol. The van der Waals surface area contributed by atoms with Crippen molar-refractivity contribution in [2.24, 2.45) is 5.14 Å². The number of halogens is 1. The smallest absolute Gasteiger partial charge is 0.332 e. The average Bonchev–Trinajstić information content (AvgIpc) is 3.21. The first-order valence-electron chi connectivity index (χ1n) is 10.6. The second kappa shape index (κ2) is 12.3. The number of hydrogen-bond acceptors (Lipinski definition) is 9. The maximum atomic E-state index is 14.9. The van der Waals surface area contributed by atoms with Gasteiger partial charge in [-0.2, -0.15) is 0 Å². The van der Waals surface area contributed by atoms with Crippen LogP contribution in [0.15, 0.2) is 41.3 Å². The molecule has 14 heteroatoms. The molecule has 0 fully saturated rings. The molecule has 2 N–H and O–H groups in total. The van der Waals surface area contributed by atoms with Crippen molar-refractivity contribution in [3.8, 4) is 5.69 Å². The number of aryl methyl sites for hydroxylation is 2. The summed E-state index contributed by atoms with van der Waals surface area (Å²) in [6.07, 6.45) is 0.317. The summed E-state index contributed by atoms with van der Waals surface area (Å²) in [4.78, 5) is 30.6. The van der Waals surface area contributed by atoms with Gasteiger partial charge in [0.15, 0.2) is 12.4 Å². The normalized spacial score (nSPS) is 11.8. The molecule has 1 unspecified atom stereocenters. The Hall–Kier alpha value is -3.75. The first-order valence-corrected chi connectivity index (χ1v) is 11.8.